The van der Waals surface area contributed by atoms with E-state index in [1.54, 1.807) is 18.2 Å². The minimum absolute atomic E-state index is 0.0323. The van der Waals surface area contributed by atoms with E-state index in [-0.39, 0.29) is 42.8 Å². The monoisotopic (exact) mass is 557 g/mol. The number of esters is 1. The highest BCUT2D eigenvalue weighted by atomic mass is 17.1. The zero-order valence-electron chi connectivity index (χ0n) is 22.9. The molecule has 3 rings (SSSR count). The van der Waals surface area contributed by atoms with Crippen LogP contribution in [-0.4, -0.2) is 55.4 Å². The number of unbranched alkanes of at least 4 members (excludes halogenated alkanes) is 1. The summed E-state index contributed by atoms with van der Waals surface area (Å²) < 4.78 is 5.33. The van der Waals surface area contributed by atoms with Crippen molar-refractivity contribution in [3.05, 3.63) is 83.4 Å². The molecule has 2 aromatic carbocycles. The molecule has 0 spiro atoms. The molecule has 9 heteroatoms. The lowest BCUT2D eigenvalue weighted by atomic mass is 9.85. The number of carbonyl (C=O) groups is 1. The standard InChI is InChI=1S/C31H43NO8/c33-26(16-15-23-9-4-3-5-10-23)17-18-28-27(29(34)20-30(28)35)13-6-1-2-7-14-31(36)39-21-24-11-8-12-25(19-24)22-40-32(37)38/h1,3-6,8-12,19,26-30,33-35,37-38H,2,7,13-18,20-22H2/b6-1-/t26-,27+,28+,29-,30+/m0/s1. The molecule has 1 aliphatic rings. The van der Waals surface area contributed by atoms with Crippen LogP contribution in [0.25, 0.3) is 0 Å². The summed E-state index contributed by atoms with van der Waals surface area (Å²) >= 11 is 0. The number of aliphatic hydroxyl groups is 3. The Balaban J connectivity index is 1.32. The Bertz CT molecular complexity index is 1030. The minimum Gasteiger partial charge on any atom is -0.461 e. The molecule has 5 N–H and O–H groups in total. The minimum atomic E-state index is -0.559. The number of aryl methyl sites for hydroxylation is 1. The Morgan fingerprint density at radius 1 is 0.925 bits per heavy atom. The van der Waals surface area contributed by atoms with Crippen molar-refractivity contribution in [1.29, 1.82) is 0 Å². The van der Waals surface area contributed by atoms with Gasteiger partial charge >= 0.3 is 5.97 Å². The van der Waals surface area contributed by atoms with Crippen molar-refractivity contribution in [2.45, 2.75) is 89.3 Å². The summed E-state index contributed by atoms with van der Waals surface area (Å²) in [4.78, 5) is 16.7. The lowest BCUT2D eigenvalue weighted by Crippen LogP contribution is -2.23. The SMILES string of the molecule is O=C(CCC/C=C\C[C@@H]1[C@@H](CC[C@@H](O)CCc2ccccc2)[C@H](O)C[C@@H]1O)OCc1cccc(CON(O)O)c1. The van der Waals surface area contributed by atoms with Gasteiger partial charge in [0.1, 0.15) is 6.61 Å². The molecule has 1 aliphatic carbocycles. The van der Waals surface area contributed by atoms with E-state index in [0.717, 1.165) is 12.0 Å². The molecule has 9 nitrogen and oxygen atoms in total. The van der Waals surface area contributed by atoms with E-state index in [4.69, 9.17) is 15.2 Å². The van der Waals surface area contributed by atoms with Crippen LogP contribution in [0, 0.1) is 11.8 Å². The van der Waals surface area contributed by atoms with Gasteiger partial charge in [0.05, 0.1) is 30.3 Å². The Hall–Kier alpha value is -2.63. The molecule has 0 saturated heterocycles. The Labute approximate surface area is 236 Å². The number of rotatable bonds is 17. The Morgan fingerprint density at radius 2 is 1.62 bits per heavy atom. The molecule has 2 aromatic rings. The van der Waals surface area contributed by atoms with Crippen molar-refractivity contribution in [2.75, 3.05) is 0 Å². The number of hydrogen-bond acceptors (Lipinski definition) is 9. The van der Waals surface area contributed by atoms with Gasteiger partial charge in [0.15, 0.2) is 0 Å². The van der Waals surface area contributed by atoms with Gasteiger partial charge in [-0.2, -0.15) is 0 Å². The number of aliphatic hydroxyl groups excluding tert-OH is 3. The molecule has 0 aliphatic heterocycles. The summed E-state index contributed by atoms with van der Waals surface area (Å²) in [6, 6.07) is 17.2. The summed E-state index contributed by atoms with van der Waals surface area (Å²) in [5, 5.41) is 48.4. The fourth-order valence-electron chi connectivity index (χ4n) is 5.33. The number of allylic oxidation sites excluding steroid dienone is 2. The molecular formula is C31H43NO8. The topological polar surface area (TPSA) is 140 Å². The van der Waals surface area contributed by atoms with E-state index in [0.29, 0.717) is 50.5 Å². The van der Waals surface area contributed by atoms with Crippen LogP contribution in [0.3, 0.4) is 0 Å². The first-order valence-corrected chi connectivity index (χ1v) is 14.1. The van der Waals surface area contributed by atoms with Crippen LogP contribution in [-0.2, 0) is 34.0 Å². The zero-order valence-corrected chi connectivity index (χ0v) is 22.9. The maximum absolute atomic E-state index is 12.1. The van der Waals surface area contributed by atoms with Crippen LogP contribution in [0.1, 0.15) is 68.1 Å². The van der Waals surface area contributed by atoms with Crippen LogP contribution in [0.4, 0.5) is 0 Å². The van der Waals surface area contributed by atoms with Gasteiger partial charge in [-0.25, -0.2) is 4.84 Å². The lowest BCUT2D eigenvalue weighted by Gasteiger charge is -2.23. The van der Waals surface area contributed by atoms with Gasteiger partial charge in [-0.3, -0.25) is 15.2 Å². The van der Waals surface area contributed by atoms with Gasteiger partial charge in [0.2, 0.25) is 0 Å². The van der Waals surface area contributed by atoms with Gasteiger partial charge < -0.3 is 20.1 Å². The molecule has 0 bridgehead atoms. The van der Waals surface area contributed by atoms with Crippen molar-refractivity contribution in [2.24, 2.45) is 11.8 Å². The number of nitrogens with zero attached hydrogens (tertiary/aromatic N) is 1. The quantitative estimate of drug-likeness (QED) is 0.0824. The third-order valence-electron chi connectivity index (χ3n) is 7.53. The van der Waals surface area contributed by atoms with E-state index < -0.39 is 18.3 Å². The predicted octanol–water partition coefficient (Wildman–Crippen LogP) is 4.49. The molecule has 1 fully saturated rings. The molecule has 40 heavy (non-hydrogen) atoms. The predicted molar refractivity (Wildman–Crippen MR) is 148 cm³/mol. The van der Waals surface area contributed by atoms with Crippen LogP contribution < -0.4 is 0 Å². The molecule has 0 radical (unpaired) electrons. The first-order chi connectivity index (χ1) is 19.3. The Morgan fingerprint density at radius 3 is 2.38 bits per heavy atom. The molecule has 0 aromatic heterocycles. The second-order valence-electron chi connectivity index (χ2n) is 10.6. The van der Waals surface area contributed by atoms with Crippen LogP contribution in [0.5, 0.6) is 0 Å². The van der Waals surface area contributed by atoms with Gasteiger partial charge in [-0.05, 0) is 79.9 Å². The maximum Gasteiger partial charge on any atom is 0.306 e. The molecule has 0 amide bonds. The molecule has 220 valence electrons. The fourth-order valence-corrected chi connectivity index (χ4v) is 5.33. The summed E-state index contributed by atoms with van der Waals surface area (Å²) in [6.45, 7) is 0.0874. The van der Waals surface area contributed by atoms with Crippen molar-refractivity contribution >= 4 is 5.97 Å². The van der Waals surface area contributed by atoms with Crippen LogP contribution in [0.2, 0.25) is 0 Å². The van der Waals surface area contributed by atoms with Gasteiger partial charge in [-0.1, -0.05) is 66.7 Å². The normalized spacial score (nSPS) is 21.8. The van der Waals surface area contributed by atoms with Gasteiger partial charge in [0, 0.05) is 6.42 Å². The zero-order chi connectivity index (χ0) is 28.7. The number of carbonyl (C=O) groups excluding carboxylic acids is 1. The summed E-state index contributed by atoms with van der Waals surface area (Å²) in [5.74, 6) is -0.388. The smallest absolute Gasteiger partial charge is 0.306 e. The fraction of sp³-hybridized carbons (Fsp3) is 0.516. The van der Waals surface area contributed by atoms with E-state index in [1.165, 1.54) is 5.56 Å². The average molecular weight is 558 g/mol. The molecular weight excluding hydrogens is 514 g/mol. The summed E-state index contributed by atoms with van der Waals surface area (Å²) in [6.07, 6.45) is 7.89. The average Bonchev–Trinajstić information content (AvgIpc) is 3.22. The number of ether oxygens (including phenoxy) is 1. The lowest BCUT2D eigenvalue weighted by molar-refractivity contribution is -0.497. The summed E-state index contributed by atoms with van der Waals surface area (Å²) in [7, 11) is 0. The largest absolute Gasteiger partial charge is 0.461 e. The van der Waals surface area contributed by atoms with Crippen LogP contribution >= 0.6 is 0 Å². The molecule has 0 heterocycles. The van der Waals surface area contributed by atoms with E-state index in [9.17, 15) is 20.1 Å². The maximum atomic E-state index is 12.1. The third kappa shape index (κ3) is 11.5. The first-order valence-electron chi connectivity index (χ1n) is 14.1. The van der Waals surface area contributed by atoms with Gasteiger partial charge in [0.25, 0.3) is 0 Å². The van der Waals surface area contributed by atoms with Crippen molar-refractivity contribution < 1.29 is 40.1 Å². The van der Waals surface area contributed by atoms with E-state index in [1.807, 2.05) is 36.4 Å². The highest BCUT2D eigenvalue weighted by Gasteiger charge is 2.40. The van der Waals surface area contributed by atoms with Crippen molar-refractivity contribution in [1.82, 2.24) is 5.39 Å². The third-order valence-corrected chi connectivity index (χ3v) is 7.53. The summed E-state index contributed by atoms with van der Waals surface area (Å²) in [5.41, 5.74) is 2.67. The highest BCUT2D eigenvalue weighted by Crippen LogP contribution is 2.38. The van der Waals surface area contributed by atoms with Crippen molar-refractivity contribution in [3.63, 3.8) is 0 Å². The molecule has 5 atom stereocenters. The number of benzene rings is 2. The van der Waals surface area contributed by atoms with E-state index >= 15 is 0 Å². The second kappa shape index (κ2) is 17.2. The Kier molecular flexibility index (Phi) is 13.7. The number of hydrogen-bond donors (Lipinski definition) is 5. The van der Waals surface area contributed by atoms with E-state index in [2.05, 4.69) is 17.0 Å². The molecule has 0 unspecified atom stereocenters. The molecule has 1 saturated carbocycles. The first kappa shape index (κ1) is 31.9. The van der Waals surface area contributed by atoms with Gasteiger partial charge in [-0.15, -0.1) is 0 Å². The van der Waals surface area contributed by atoms with Crippen LogP contribution in [0.15, 0.2) is 66.7 Å². The highest BCUT2D eigenvalue weighted by molar-refractivity contribution is 5.69. The van der Waals surface area contributed by atoms with Crippen molar-refractivity contribution in [3.8, 4) is 0 Å². The second-order valence-corrected chi connectivity index (χ2v) is 10.6.